The summed E-state index contributed by atoms with van der Waals surface area (Å²) in [4.78, 5) is 2.10. The third-order valence-corrected chi connectivity index (χ3v) is 3.01. The molecule has 0 bridgehead atoms. The summed E-state index contributed by atoms with van der Waals surface area (Å²) in [5.74, 6) is -0.128. The summed E-state index contributed by atoms with van der Waals surface area (Å²) in [7, 11) is 0. The van der Waals surface area contributed by atoms with E-state index in [2.05, 4.69) is 18.7 Å². The minimum absolute atomic E-state index is 0.128. The van der Waals surface area contributed by atoms with Gasteiger partial charge in [0.25, 0.3) is 0 Å². The number of para-hydroxylation sites is 1. The molecule has 0 spiro atoms. The molecule has 2 rings (SSSR count). The van der Waals surface area contributed by atoms with Crippen LogP contribution in [0.4, 0.5) is 10.1 Å². The van der Waals surface area contributed by atoms with Crippen LogP contribution in [-0.2, 0) is 6.42 Å². The lowest BCUT2D eigenvalue weighted by Crippen LogP contribution is -2.42. The van der Waals surface area contributed by atoms with E-state index in [-0.39, 0.29) is 17.9 Å². The Balaban J connectivity index is 2.46. The first kappa shape index (κ1) is 10.4. The predicted octanol–water partition coefficient (Wildman–Crippen LogP) is 1.92. The maximum absolute atomic E-state index is 13.7. The van der Waals surface area contributed by atoms with Crippen molar-refractivity contribution < 1.29 is 4.39 Å². The molecular formula is C12H17FN2. The van der Waals surface area contributed by atoms with E-state index < -0.39 is 0 Å². The molecule has 0 aromatic heterocycles. The zero-order chi connectivity index (χ0) is 11.0. The van der Waals surface area contributed by atoms with Crippen LogP contribution in [0, 0.1) is 5.82 Å². The second kappa shape index (κ2) is 3.81. The van der Waals surface area contributed by atoms with Gasteiger partial charge >= 0.3 is 0 Å². The molecule has 82 valence electrons. The molecule has 1 unspecified atom stereocenters. The Bertz CT molecular complexity index is 363. The number of rotatable bonds is 2. The lowest BCUT2D eigenvalue weighted by molar-refractivity contribution is 0.558. The molecule has 2 nitrogen and oxygen atoms in total. The Morgan fingerprint density at radius 1 is 1.53 bits per heavy atom. The number of hydrogen-bond donors (Lipinski definition) is 1. The molecule has 2 N–H and O–H groups in total. The molecule has 1 aliphatic heterocycles. The third-order valence-electron chi connectivity index (χ3n) is 3.01. The molecule has 3 heteroatoms. The van der Waals surface area contributed by atoms with Crippen LogP contribution in [0.15, 0.2) is 18.2 Å². The van der Waals surface area contributed by atoms with E-state index in [9.17, 15) is 4.39 Å². The quantitative estimate of drug-likeness (QED) is 0.804. The average Bonchev–Trinajstić information content (AvgIpc) is 2.57. The van der Waals surface area contributed by atoms with Crippen molar-refractivity contribution in [2.75, 3.05) is 11.4 Å². The van der Waals surface area contributed by atoms with E-state index in [1.807, 2.05) is 6.07 Å². The van der Waals surface area contributed by atoms with Gasteiger partial charge in [-0.3, -0.25) is 0 Å². The Labute approximate surface area is 89.9 Å². The lowest BCUT2D eigenvalue weighted by atomic mass is 10.1. The van der Waals surface area contributed by atoms with Gasteiger partial charge in [0.15, 0.2) is 0 Å². The molecule has 0 saturated carbocycles. The van der Waals surface area contributed by atoms with Gasteiger partial charge in [0.2, 0.25) is 0 Å². The van der Waals surface area contributed by atoms with Gasteiger partial charge in [-0.1, -0.05) is 12.1 Å². The Hall–Kier alpha value is -1.09. The molecule has 1 aromatic carbocycles. The van der Waals surface area contributed by atoms with Gasteiger partial charge in [0.05, 0.1) is 5.69 Å². The highest BCUT2D eigenvalue weighted by atomic mass is 19.1. The zero-order valence-corrected chi connectivity index (χ0v) is 9.20. The highest BCUT2D eigenvalue weighted by molar-refractivity contribution is 5.61. The Morgan fingerprint density at radius 2 is 2.27 bits per heavy atom. The standard InChI is InChI=1S/C12H17FN2/c1-8(2)15-10(7-14)6-9-4-3-5-11(13)12(9)15/h3-5,8,10H,6-7,14H2,1-2H3. The molecule has 15 heavy (non-hydrogen) atoms. The fraction of sp³-hybridized carbons (Fsp3) is 0.500. The number of anilines is 1. The van der Waals surface area contributed by atoms with Crippen LogP contribution < -0.4 is 10.6 Å². The van der Waals surface area contributed by atoms with E-state index in [1.54, 1.807) is 6.07 Å². The van der Waals surface area contributed by atoms with Crippen molar-refractivity contribution in [2.24, 2.45) is 5.73 Å². The molecular weight excluding hydrogens is 191 g/mol. The topological polar surface area (TPSA) is 29.3 Å². The van der Waals surface area contributed by atoms with E-state index in [0.29, 0.717) is 6.54 Å². The van der Waals surface area contributed by atoms with Crippen LogP contribution >= 0.6 is 0 Å². The van der Waals surface area contributed by atoms with Crippen molar-refractivity contribution in [1.29, 1.82) is 0 Å². The van der Waals surface area contributed by atoms with E-state index in [1.165, 1.54) is 6.07 Å². The van der Waals surface area contributed by atoms with Gasteiger partial charge in [0, 0.05) is 18.6 Å². The third kappa shape index (κ3) is 1.61. The van der Waals surface area contributed by atoms with Crippen LogP contribution in [0.3, 0.4) is 0 Å². The van der Waals surface area contributed by atoms with Crippen molar-refractivity contribution in [3.63, 3.8) is 0 Å². The largest absolute Gasteiger partial charge is 0.362 e. The molecule has 0 radical (unpaired) electrons. The summed E-state index contributed by atoms with van der Waals surface area (Å²) in [5, 5.41) is 0. The normalized spacial score (nSPS) is 19.8. The van der Waals surface area contributed by atoms with Gasteiger partial charge in [-0.05, 0) is 31.9 Å². The smallest absolute Gasteiger partial charge is 0.146 e. The SMILES string of the molecule is CC(C)N1c2c(F)cccc2CC1CN. The maximum atomic E-state index is 13.7. The Morgan fingerprint density at radius 3 is 2.87 bits per heavy atom. The second-order valence-corrected chi connectivity index (χ2v) is 4.34. The number of hydrogen-bond acceptors (Lipinski definition) is 2. The summed E-state index contributed by atoms with van der Waals surface area (Å²) in [5.41, 5.74) is 7.56. The van der Waals surface area contributed by atoms with Crippen LogP contribution in [0.2, 0.25) is 0 Å². The molecule has 0 fully saturated rings. The van der Waals surface area contributed by atoms with Crippen LogP contribution in [0.5, 0.6) is 0 Å². The highest BCUT2D eigenvalue weighted by Gasteiger charge is 2.32. The average molecular weight is 208 g/mol. The fourth-order valence-corrected chi connectivity index (χ4v) is 2.43. The highest BCUT2D eigenvalue weighted by Crippen LogP contribution is 2.35. The predicted molar refractivity (Wildman–Crippen MR) is 60.6 cm³/mol. The van der Waals surface area contributed by atoms with E-state index in [0.717, 1.165) is 17.7 Å². The molecule has 0 saturated heterocycles. The van der Waals surface area contributed by atoms with Crippen molar-refractivity contribution in [1.82, 2.24) is 0 Å². The molecule has 0 aliphatic carbocycles. The number of halogens is 1. The summed E-state index contributed by atoms with van der Waals surface area (Å²) >= 11 is 0. The van der Waals surface area contributed by atoms with Gasteiger partial charge in [-0.25, -0.2) is 4.39 Å². The zero-order valence-electron chi connectivity index (χ0n) is 9.20. The summed E-state index contributed by atoms with van der Waals surface area (Å²) in [6.07, 6.45) is 0.863. The lowest BCUT2D eigenvalue weighted by Gasteiger charge is -2.30. The molecule has 1 aromatic rings. The minimum atomic E-state index is -0.128. The van der Waals surface area contributed by atoms with Crippen molar-refractivity contribution in [2.45, 2.75) is 32.4 Å². The second-order valence-electron chi connectivity index (χ2n) is 4.34. The van der Waals surface area contributed by atoms with Crippen molar-refractivity contribution >= 4 is 5.69 Å². The summed E-state index contributed by atoms with van der Waals surface area (Å²) < 4.78 is 13.7. The van der Waals surface area contributed by atoms with Crippen molar-refractivity contribution in [3.8, 4) is 0 Å². The molecule has 1 heterocycles. The fourth-order valence-electron chi connectivity index (χ4n) is 2.43. The van der Waals surface area contributed by atoms with Crippen LogP contribution in [0.1, 0.15) is 19.4 Å². The minimum Gasteiger partial charge on any atom is -0.362 e. The number of nitrogens with zero attached hydrogens (tertiary/aromatic N) is 1. The molecule has 0 amide bonds. The first-order valence-corrected chi connectivity index (χ1v) is 5.41. The van der Waals surface area contributed by atoms with Crippen LogP contribution in [-0.4, -0.2) is 18.6 Å². The van der Waals surface area contributed by atoms with E-state index >= 15 is 0 Å². The first-order valence-electron chi connectivity index (χ1n) is 5.41. The number of benzene rings is 1. The van der Waals surface area contributed by atoms with Gasteiger partial charge in [-0.15, -0.1) is 0 Å². The van der Waals surface area contributed by atoms with Gasteiger partial charge < -0.3 is 10.6 Å². The van der Waals surface area contributed by atoms with Crippen molar-refractivity contribution in [3.05, 3.63) is 29.6 Å². The maximum Gasteiger partial charge on any atom is 0.146 e. The molecule has 1 atom stereocenters. The summed E-state index contributed by atoms with van der Waals surface area (Å²) in [6.45, 7) is 4.72. The summed E-state index contributed by atoms with van der Waals surface area (Å²) in [6, 6.07) is 5.82. The monoisotopic (exact) mass is 208 g/mol. The van der Waals surface area contributed by atoms with Crippen LogP contribution in [0.25, 0.3) is 0 Å². The number of fused-ring (bicyclic) bond motifs is 1. The Kier molecular flexibility index (Phi) is 2.65. The number of nitrogens with two attached hydrogens (primary N) is 1. The van der Waals surface area contributed by atoms with E-state index in [4.69, 9.17) is 5.73 Å². The van der Waals surface area contributed by atoms with Gasteiger partial charge in [0.1, 0.15) is 5.82 Å². The molecule has 1 aliphatic rings. The first-order chi connectivity index (χ1) is 7.15. The van der Waals surface area contributed by atoms with Gasteiger partial charge in [-0.2, -0.15) is 0 Å².